The average molecular weight is 456 g/mol. The molecule has 0 amide bonds. The summed E-state index contributed by atoms with van der Waals surface area (Å²) in [5.74, 6) is 0. The van der Waals surface area contributed by atoms with E-state index in [1.807, 2.05) is 24.3 Å². The molecule has 0 unspecified atom stereocenters. The summed E-state index contributed by atoms with van der Waals surface area (Å²) in [4.78, 5) is 0. The first-order chi connectivity index (χ1) is 9.39. The minimum atomic E-state index is -6.00. The van der Waals surface area contributed by atoms with Gasteiger partial charge in [0.25, 0.3) is 0 Å². The molecule has 0 saturated heterocycles. The smallest absolute Gasteiger partial charge is 0.418 e. The molecule has 0 aliphatic heterocycles. The van der Waals surface area contributed by atoms with Gasteiger partial charge in [-0.3, -0.25) is 0 Å². The van der Waals surface area contributed by atoms with Crippen LogP contribution in [-0.2, 0) is 0 Å². The second kappa shape index (κ2) is 15.0. The molecule has 0 aliphatic carbocycles. The van der Waals surface area contributed by atoms with E-state index < -0.39 is 21.8 Å². The van der Waals surface area contributed by atoms with Gasteiger partial charge >= 0.3 is 73.1 Å². The van der Waals surface area contributed by atoms with Gasteiger partial charge < -0.3 is 51.8 Å². The van der Waals surface area contributed by atoms with Gasteiger partial charge in [0, 0.05) is 0 Å². The summed E-state index contributed by atoms with van der Waals surface area (Å²) in [6, 6.07) is 10.7. The molecular formula is C6H4B3BrF12K-3. The van der Waals surface area contributed by atoms with Crippen molar-refractivity contribution in [2.24, 2.45) is 0 Å². The second-order valence-electron chi connectivity index (χ2n) is 2.70. The molecule has 1 rings (SSSR count). The zero-order valence-corrected chi connectivity index (χ0v) is 15.7. The second-order valence-corrected chi connectivity index (χ2v) is 3.55. The van der Waals surface area contributed by atoms with Crippen LogP contribution >= 0.6 is 15.9 Å². The Morgan fingerprint density at radius 1 is 0.652 bits per heavy atom. The SMILES string of the molecule is Brc1[c-]cccc1.F[B-](F)(F)F.F[B-](F)(F)F.F[B-](F)(F)F.[K+]. The van der Waals surface area contributed by atoms with Crippen molar-refractivity contribution in [3.8, 4) is 0 Å². The first-order valence-electron chi connectivity index (χ1n) is 4.63. The zero-order chi connectivity index (χ0) is 18.6. The molecule has 0 saturated carbocycles. The van der Waals surface area contributed by atoms with Crippen molar-refractivity contribution in [3.05, 3.63) is 34.8 Å². The van der Waals surface area contributed by atoms with E-state index in [9.17, 15) is 51.8 Å². The van der Waals surface area contributed by atoms with Gasteiger partial charge in [-0.05, 0) is 0 Å². The fraction of sp³-hybridized carbons (Fsp3) is 0. The molecule has 0 nitrogen and oxygen atoms in total. The van der Waals surface area contributed by atoms with Gasteiger partial charge in [0.1, 0.15) is 0 Å². The Bertz CT molecular complexity index is 319. The van der Waals surface area contributed by atoms with Crippen LogP contribution in [0.2, 0.25) is 0 Å². The van der Waals surface area contributed by atoms with E-state index in [0.29, 0.717) is 0 Å². The minimum absolute atomic E-state index is 0. The largest absolute Gasteiger partial charge is 1.00 e. The van der Waals surface area contributed by atoms with Crippen LogP contribution in [0.25, 0.3) is 0 Å². The molecule has 0 spiro atoms. The van der Waals surface area contributed by atoms with E-state index >= 15 is 0 Å². The Labute approximate surface area is 174 Å². The van der Waals surface area contributed by atoms with Crippen molar-refractivity contribution in [2.75, 3.05) is 0 Å². The maximum absolute atomic E-state index is 9.75. The average Bonchev–Trinajstić information content (AvgIpc) is 2.09. The van der Waals surface area contributed by atoms with Crippen LogP contribution in [0.1, 0.15) is 0 Å². The van der Waals surface area contributed by atoms with E-state index in [1.165, 1.54) is 0 Å². The third kappa shape index (κ3) is 129. The molecule has 1 aromatic carbocycles. The van der Waals surface area contributed by atoms with Gasteiger partial charge in [0.05, 0.1) is 0 Å². The Balaban J connectivity index is -0.000000105. The summed E-state index contributed by atoms with van der Waals surface area (Å²) < 4.78 is 118. The molecule has 0 heterocycles. The monoisotopic (exact) mass is 455 g/mol. The van der Waals surface area contributed by atoms with Crippen LogP contribution in [0.15, 0.2) is 28.7 Å². The fourth-order valence-corrected chi connectivity index (χ4v) is 0.656. The molecular weight excluding hydrogens is 451 g/mol. The molecule has 0 aliphatic rings. The Kier molecular flexibility index (Phi) is 20.5. The van der Waals surface area contributed by atoms with E-state index in [-0.39, 0.29) is 51.4 Å². The number of hydrogen-bond donors (Lipinski definition) is 0. The fourth-order valence-electron chi connectivity index (χ4n) is 0.371. The van der Waals surface area contributed by atoms with Crippen molar-refractivity contribution in [3.63, 3.8) is 0 Å². The Morgan fingerprint density at radius 2 is 0.913 bits per heavy atom. The summed E-state index contributed by atoms with van der Waals surface area (Å²) in [7, 11) is -18.0. The molecule has 0 N–H and O–H groups in total. The maximum Gasteiger partial charge on any atom is 1.00 e. The molecule has 0 bridgehead atoms. The topological polar surface area (TPSA) is 0 Å². The summed E-state index contributed by atoms with van der Waals surface area (Å²) in [5, 5.41) is 0. The first kappa shape index (κ1) is 31.5. The van der Waals surface area contributed by atoms with E-state index in [0.717, 1.165) is 4.47 Å². The van der Waals surface area contributed by atoms with Gasteiger partial charge in [0.2, 0.25) is 0 Å². The van der Waals surface area contributed by atoms with E-state index in [4.69, 9.17) is 0 Å². The summed E-state index contributed by atoms with van der Waals surface area (Å²) in [6.45, 7) is 0. The Hall–Kier alpha value is 0.691. The molecule has 132 valence electrons. The molecule has 0 atom stereocenters. The molecule has 0 radical (unpaired) electrons. The normalized spacial score (nSPS) is 10.5. The van der Waals surface area contributed by atoms with Crippen molar-refractivity contribution < 1.29 is 103 Å². The minimum Gasteiger partial charge on any atom is -0.418 e. The van der Waals surface area contributed by atoms with E-state index in [2.05, 4.69) is 22.0 Å². The predicted molar refractivity (Wildman–Crippen MR) is 63.5 cm³/mol. The zero-order valence-electron chi connectivity index (χ0n) is 11.0. The molecule has 17 heteroatoms. The van der Waals surface area contributed by atoms with Gasteiger partial charge in [0.15, 0.2) is 0 Å². The van der Waals surface area contributed by atoms with Crippen LogP contribution in [0.5, 0.6) is 0 Å². The summed E-state index contributed by atoms with van der Waals surface area (Å²) in [5.41, 5.74) is 0. The Morgan fingerprint density at radius 3 is 1.00 bits per heavy atom. The van der Waals surface area contributed by atoms with Gasteiger partial charge in [-0.1, -0.05) is 20.4 Å². The first-order valence-corrected chi connectivity index (χ1v) is 5.43. The van der Waals surface area contributed by atoms with Crippen LogP contribution in [0.3, 0.4) is 0 Å². The maximum atomic E-state index is 9.75. The third-order valence-electron chi connectivity index (χ3n) is 0.671. The van der Waals surface area contributed by atoms with Crippen molar-refractivity contribution in [2.45, 2.75) is 0 Å². The number of rotatable bonds is 0. The molecule has 23 heavy (non-hydrogen) atoms. The van der Waals surface area contributed by atoms with Crippen molar-refractivity contribution in [1.29, 1.82) is 0 Å². The van der Waals surface area contributed by atoms with Gasteiger partial charge in [-0.15, -0.1) is 0 Å². The van der Waals surface area contributed by atoms with Crippen LogP contribution < -0.4 is 51.4 Å². The van der Waals surface area contributed by atoms with Crippen LogP contribution in [0, 0.1) is 6.07 Å². The number of benzene rings is 1. The number of halogens is 13. The molecule has 1 aromatic rings. The predicted octanol–water partition coefficient (Wildman–Crippen LogP) is 3.15. The van der Waals surface area contributed by atoms with Crippen LogP contribution in [-0.4, -0.2) is 21.8 Å². The van der Waals surface area contributed by atoms with Crippen molar-refractivity contribution in [1.82, 2.24) is 0 Å². The number of hydrogen-bond acceptors (Lipinski definition) is 0. The molecule has 0 fully saturated rings. The summed E-state index contributed by atoms with van der Waals surface area (Å²) >= 11 is 3.26. The van der Waals surface area contributed by atoms with Crippen LogP contribution in [0.4, 0.5) is 51.8 Å². The molecule has 0 aromatic heterocycles. The quantitative estimate of drug-likeness (QED) is 0.320. The third-order valence-corrected chi connectivity index (χ3v) is 1.16. The van der Waals surface area contributed by atoms with E-state index in [1.54, 1.807) is 0 Å². The summed E-state index contributed by atoms with van der Waals surface area (Å²) in [6.07, 6.45) is 0. The van der Waals surface area contributed by atoms with Crippen molar-refractivity contribution >= 4 is 37.7 Å². The standard InChI is InChI=1S/C6H4Br.3BF4.K/c7-6-4-2-1-3-5-6;3*2-1(3,4)5;/h1-4H;;;;/q4*-1;+1. The van der Waals surface area contributed by atoms with Gasteiger partial charge in [-0.25, -0.2) is 0 Å². The van der Waals surface area contributed by atoms with Gasteiger partial charge in [-0.2, -0.15) is 30.3 Å².